The largest absolute Gasteiger partial charge is 0.478 e. The molecule has 4 heterocycles. The van der Waals surface area contributed by atoms with Crippen molar-refractivity contribution in [3.63, 3.8) is 0 Å². The number of aromatic carboxylic acids is 1. The van der Waals surface area contributed by atoms with Crippen molar-refractivity contribution in [2.24, 2.45) is 4.99 Å². The number of thioether (sulfide) groups is 1. The molecule has 5 rings (SSSR count). The Morgan fingerprint density at radius 1 is 1.29 bits per heavy atom. The standard InChI is InChI=1S/C23H20ClN3O3S/c1-2-14-12-31-23-26-20(17-5-3-4-10-25-17)21(27(14)23)19-9-8-18(30-19)15-11-13(22(28)29)6-7-16(15)24/h3-11,14,20-21H,2,12H2,1H3,(H,28,29)/t14-,20-,21+/m1/s1. The molecule has 0 aliphatic carbocycles. The highest BCUT2D eigenvalue weighted by Crippen LogP contribution is 2.49. The molecule has 1 fully saturated rings. The van der Waals surface area contributed by atoms with Crippen LogP contribution >= 0.6 is 23.4 Å². The fourth-order valence-corrected chi connectivity index (χ4v) is 5.71. The van der Waals surface area contributed by atoms with E-state index in [1.54, 1.807) is 30.1 Å². The number of carboxylic acid groups (broad SMARTS) is 1. The van der Waals surface area contributed by atoms with E-state index in [0.717, 1.165) is 28.8 Å². The Balaban J connectivity index is 1.56. The maximum absolute atomic E-state index is 11.4. The number of pyridine rings is 1. The summed E-state index contributed by atoms with van der Waals surface area (Å²) in [5.41, 5.74) is 1.62. The third-order valence-electron chi connectivity index (χ3n) is 5.73. The molecule has 2 aromatic heterocycles. The number of fused-ring (bicyclic) bond motifs is 1. The van der Waals surface area contributed by atoms with E-state index in [9.17, 15) is 9.90 Å². The van der Waals surface area contributed by atoms with Crippen LogP contribution in [-0.4, -0.2) is 37.9 Å². The number of hydrogen-bond donors (Lipinski definition) is 1. The van der Waals surface area contributed by atoms with E-state index in [1.165, 1.54) is 6.07 Å². The highest BCUT2D eigenvalue weighted by atomic mass is 35.5. The topological polar surface area (TPSA) is 78.9 Å². The van der Waals surface area contributed by atoms with Crippen molar-refractivity contribution >= 4 is 34.5 Å². The van der Waals surface area contributed by atoms with Crippen LogP contribution in [0.3, 0.4) is 0 Å². The first-order chi connectivity index (χ1) is 15.1. The van der Waals surface area contributed by atoms with Crippen molar-refractivity contribution in [2.45, 2.75) is 31.5 Å². The zero-order chi connectivity index (χ0) is 21.5. The van der Waals surface area contributed by atoms with Gasteiger partial charge in [-0.1, -0.05) is 36.4 Å². The Morgan fingerprint density at radius 2 is 2.16 bits per heavy atom. The molecule has 0 radical (unpaired) electrons. The van der Waals surface area contributed by atoms with Crippen molar-refractivity contribution in [1.29, 1.82) is 0 Å². The number of benzene rings is 1. The number of nitrogens with zero attached hydrogens (tertiary/aromatic N) is 3. The lowest BCUT2D eigenvalue weighted by atomic mass is 10.0. The number of halogens is 1. The van der Waals surface area contributed by atoms with E-state index < -0.39 is 5.97 Å². The van der Waals surface area contributed by atoms with E-state index in [0.29, 0.717) is 22.4 Å². The summed E-state index contributed by atoms with van der Waals surface area (Å²) in [4.78, 5) is 23.3. The summed E-state index contributed by atoms with van der Waals surface area (Å²) in [6.07, 6.45) is 2.79. The Bertz CT molecular complexity index is 1160. The maximum Gasteiger partial charge on any atom is 0.335 e. The molecule has 8 heteroatoms. The number of amidine groups is 1. The fourth-order valence-electron chi connectivity index (χ4n) is 4.16. The zero-order valence-electron chi connectivity index (χ0n) is 16.7. The van der Waals surface area contributed by atoms with Crippen LogP contribution in [0.4, 0.5) is 0 Å². The van der Waals surface area contributed by atoms with Gasteiger partial charge in [0.2, 0.25) is 0 Å². The minimum Gasteiger partial charge on any atom is -0.478 e. The van der Waals surface area contributed by atoms with Gasteiger partial charge < -0.3 is 14.4 Å². The predicted molar refractivity (Wildman–Crippen MR) is 122 cm³/mol. The molecule has 158 valence electrons. The molecule has 1 aromatic carbocycles. The molecule has 1 saturated heterocycles. The molecule has 0 unspecified atom stereocenters. The molecule has 0 amide bonds. The molecule has 0 bridgehead atoms. The first kappa shape index (κ1) is 20.2. The van der Waals surface area contributed by atoms with Crippen LogP contribution < -0.4 is 0 Å². The second-order valence-corrected chi connectivity index (χ2v) is 8.93. The molecule has 3 atom stereocenters. The summed E-state index contributed by atoms with van der Waals surface area (Å²) in [6, 6.07) is 14.3. The van der Waals surface area contributed by atoms with Gasteiger partial charge in [0.1, 0.15) is 23.6 Å². The number of furan rings is 1. The lowest BCUT2D eigenvalue weighted by Crippen LogP contribution is -2.35. The highest BCUT2D eigenvalue weighted by molar-refractivity contribution is 8.14. The van der Waals surface area contributed by atoms with E-state index in [-0.39, 0.29) is 17.6 Å². The van der Waals surface area contributed by atoms with E-state index >= 15 is 0 Å². The summed E-state index contributed by atoms with van der Waals surface area (Å²) in [7, 11) is 0. The van der Waals surface area contributed by atoms with Crippen molar-refractivity contribution in [1.82, 2.24) is 9.88 Å². The van der Waals surface area contributed by atoms with Crippen molar-refractivity contribution in [3.8, 4) is 11.3 Å². The molecule has 6 nitrogen and oxygen atoms in total. The smallest absolute Gasteiger partial charge is 0.335 e. The van der Waals surface area contributed by atoms with E-state index in [1.807, 2.05) is 30.3 Å². The predicted octanol–water partition coefficient (Wildman–Crippen LogP) is 5.67. The molecule has 3 aromatic rings. The van der Waals surface area contributed by atoms with Gasteiger partial charge in [0.05, 0.1) is 16.3 Å². The van der Waals surface area contributed by atoms with Gasteiger partial charge in [-0.3, -0.25) is 4.98 Å². The van der Waals surface area contributed by atoms with Gasteiger partial charge in [-0.25, -0.2) is 9.79 Å². The van der Waals surface area contributed by atoms with Crippen LogP contribution in [-0.2, 0) is 0 Å². The van der Waals surface area contributed by atoms with E-state index in [4.69, 9.17) is 21.0 Å². The molecule has 0 saturated carbocycles. The summed E-state index contributed by atoms with van der Waals surface area (Å²) in [6.45, 7) is 2.18. The lowest BCUT2D eigenvalue weighted by molar-refractivity contribution is 0.0697. The van der Waals surface area contributed by atoms with Crippen molar-refractivity contribution in [2.75, 3.05) is 5.75 Å². The van der Waals surface area contributed by atoms with Crippen LogP contribution in [0.15, 0.2) is 64.1 Å². The van der Waals surface area contributed by atoms with Crippen LogP contribution in [0.2, 0.25) is 5.02 Å². The molecular weight excluding hydrogens is 434 g/mol. The van der Waals surface area contributed by atoms with E-state index in [2.05, 4.69) is 16.8 Å². The van der Waals surface area contributed by atoms with Gasteiger partial charge in [-0.2, -0.15) is 0 Å². The normalized spacial score (nSPS) is 22.5. The third kappa shape index (κ3) is 3.51. The minimum atomic E-state index is -1.01. The number of aromatic nitrogens is 1. The average Bonchev–Trinajstić information content (AvgIpc) is 3.49. The molecule has 2 aliphatic rings. The molecular formula is C23H20ClN3O3S. The fraction of sp³-hybridized carbons (Fsp3) is 0.261. The van der Waals surface area contributed by atoms with Crippen LogP contribution in [0.5, 0.6) is 0 Å². The van der Waals surface area contributed by atoms with Crippen LogP contribution in [0.25, 0.3) is 11.3 Å². The summed E-state index contributed by atoms with van der Waals surface area (Å²) in [5, 5.41) is 10.8. The monoisotopic (exact) mass is 453 g/mol. The highest BCUT2D eigenvalue weighted by Gasteiger charge is 2.46. The number of carbonyl (C=O) groups is 1. The third-order valence-corrected chi connectivity index (χ3v) is 7.18. The van der Waals surface area contributed by atoms with Gasteiger partial charge >= 0.3 is 5.97 Å². The average molecular weight is 454 g/mol. The van der Waals surface area contributed by atoms with Crippen LogP contribution in [0, 0.1) is 0 Å². The van der Waals surface area contributed by atoms with Gasteiger partial charge in [0, 0.05) is 23.6 Å². The molecule has 31 heavy (non-hydrogen) atoms. The molecule has 2 aliphatic heterocycles. The Morgan fingerprint density at radius 3 is 2.90 bits per heavy atom. The Kier molecular flexibility index (Phi) is 5.24. The Labute approximate surface area is 189 Å². The minimum absolute atomic E-state index is 0.111. The Hall–Kier alpha value is -2.77. The lowest BCUT2D eigenvalue weighted by Gasteiger charge is -2.30. The number of carboxylic acids is 1. The quantitative estimate of drug-likeness (QED) is 0.536. The SMILES string of the molecule is CC[C@@H]1CSC2=N[C@H](c3ccccn3)[C@H](c3ccc(-c4cc(C(=O)O)ccc4Cl)o3)N21. The summed E-state index contributed by atoms with van der Waals surface area (Å²) >= 11 is 8.14. The maximum atomic E-state index is 11.4. The summed E-state index contributed by atoms with van der Waals surface area (Å²) < 4.78 is 6.29. The second-order valence-electron chi connectivity index (χ2n) is 7.54. The van der Waals surface area contributed by atoms with Gasteiger partial charge in [0.25, 0.3) is 0 Å². The van der Waals surface area contributed by atoms with Crippen molar-refractivity contribution in [3.05, 3.63) is 76.8 Å². The summed E-state index contributed by atoms with van der Waals surface area (Å²) in [5.74, 6) is 1.30. The van der Waals surface area contributed by atoms with Crippen LogP contribution in [0.1, 0.15) is 47.2 Å². The number of hydrogen-bond acceptors (Lipinski definition) is 6. The van der Waals surface area contributed by atoms with Gasteiger partial charge in [-0.05, 0) is 48.9 Å². The number of rotatable bonds is 5. The van der Waals surface area contributed by atoms with Crippen molar-refractivity contribution < 1.29 is 14.3 Å². The zero-order valence-corrected chi connectivity index (χ0v) is 18.3. The molecule has 1 N–H and O–H groups in total. The second kappa shape index (κ2) is 8.05. The first-order valence-corrected chi connectivity index (χ1v) is 11.5. The molecule has 0 spiro atoms. The first-order valence-electron chi connectivity index (χ1n) is 10.1. The van der Waals surface area contributed by atoms with Gasteiger partial charge in [-0.15, -0.1) is 0 Å². The number of aliphatic imine (C=N–C) groups is 1. The van der Waals surface area contributed by atoms with Gasteiger partial charge in [0.15, 0.2) is 5.17 Å².